The van der Waals surface area contributed by atoms with Crippen LogP contribution in [0.2, 0.25) is 0 Å². The van der Waals surface area contributed by atoms with E-state index >= 15 is 0 Å². The Hall–Kier alpha value is -1.84. The van der Waals surface area contributed by atoms with E-state index in [0.717, 1.165) is 37.4 Å². The Kier molecular flexibility index (Phi) is 3.00. The van der Waals surface area contributed by atoms with Crippen molar-refractivity contribution >= 4 is 0 Å². The smallest absolute Gasteiger partial charge is 0.213 e. The van der Waals surface area contributed by atoms with Gasteiger partial charge in [0.15, 0.2) is 0 Å². The number of hydrogen-bond donors (Lipinski definition) is 0. The topological polar surface area (TPSA) is 39.9 Å². The highest BCUT2D eigenvalue weighted by molar-refractivity contribution is 5.16. The van der Waals surface area contributed by atoms with Crippen LogP contribution in [-0.4, -0.2) is 21.1 Å². The van der Waals surface area contributed by atoms with Gasteiger partial charge in [-0.2, -0.15) is 0 Å². The fourth-order valence-corrected chi connectivity index (χ4v) is 2.30. The maximum absolute atomic E-state index is 5.74. The van der Waals surface area contributed by atoms with E-state index in [9.17, 15) is 0 Å². The van der Waals surface area contributed by atoms with Crippen LogP contribution < -0.4 is 4.74 Å². The minimum Gasteiger partial charge on any atom is -0.477 e. The number of ether oxygens (including phenoxy) is 1. The Morgan fingerprint density at radius 3 is 3.17 bits per heavy atom. The van der Waals surface area contributed by atoms with Crippen molar-refractivity contribution in [1.82, 2.24) is 14.5 Å². The number of hydrogen-bond acceptors (Lipinski definition) is 3. The van der Waals surface area contributed by atoms with Crippen LogP contribution in [0.1, 0.15) is 17.8 Å². The van der Waals surface area contributed by atoms with Gasteiger partial charge in [-0.25, -0.2) is 9.97 Å². The highest BCUT2D eigenvalue weighted by Gasteiger charge is 2.19. The third-order valence-corrected chi connectivity index (χ3v) is 3.40. The summed E-state index contributed by atoms with van der Waals surface area (Å²) < 4.78 is 7.97. The largest absolute Gasteiger partial charge is 0.477 e. The minimum absolute atomic E-state index is 0.544. The van der Waals surface area contributed by atoms with E-state index in [4.69, 9.17) is 4.74 Å². The molecule has 3 rings (SSSR count). The summed E-state index contributed by atoms with van der Waals surface area (Å²) in [6.45, 7) is 3.80. The van der Waals surface area contributed by atoms with Crippen molar-refractivity contribution < 1.29 is 4.74 Å². The molecule has 4 heteroatoms. The van der Waals surface area contributed by atoms with Crippen molar-refractivity contribution in [2.45, 2.75) is 26.3 Å². The number of aryl methyl sites for hydroxylation is 2. The Bertz CT molecular complexity index is 518. The number of nitrogens with zero attached hydrogens (tertiary/aromatic N) is 3. The average molecular weight is 243 g/mol. The summed E-state index contributed by atoms with van der Waals surface area (Å²) >= 11 is 0. The number of aromatic nitrogens is 3. The van der Waals surface area contributed by atoms with E-state index in [1.165, 1.54) is 5.82 Å². The SMILES string of the molecule is Cc1ccc(OCC2CCn3ccnc3C2)nc1. The molecule has 1 unspecified atom stereocenters. The van der Waals surface area contributed by atoms with Crippen molar-refractivity contribution in [3.63, 3.8) is 0 Å². The molecule has 0 saturated carbocycles. The molecule has 0 bridgehead atoms. The van der Waals surface area contributed by atoms with Gasteiger partial charge >= 0.3 is 0 Å². The quantitative estimate of drug-likeness (QED) is 0.830. The molecule has 0 saturated heterocycles. The molecule has 4 nitrogen and oxygen atoms in total. The number of rotatable bonds is 3. The Morgan fingerprint density at radius 2 is 2.33 bits per heavy atom. The lowest BCUT2D eigenvalue weighted by atomic mass is 9.99. The second-order valence-corrected chi connectivity index (χ2v) is 4.88. The first-order valence-corrected chi connectivity index (χ1v) is 6.37. The third kappa shape index (κ3) is 2.37. The Labute approximate surface area is 107 Å². The first kappa shape index (κ1) is 11.3. The third-order valence-electron chi connectivity index (χ3n) is 3.40. The second kappa shape index (κ2) is 4.80. The molecule has 1 aliphatic rings. The first-order chi connectivity index (χ1) is 8.81. The summed E-state index contributed by atoms with van der Waals surface area (Å²) in [6.07, 6.45) is 7.91. The van der Waals surface area contributed by atoms with Gasteiger partial charge in [-0.15, -0.1) is 0 Å². The lowest BCUT2D eigenvalue weighted by Crippen LogP contribution is -2.24. The summed E-state index contributed by atoms with van der Waals surface area (Å²) in [6, 6.07) is 3.95. The van der Waals surface area contributed by atoms with Crippen LogP contribution in [-0.2, 0) is 13.0 Å². The van der Waals surface area contributed by atoms with E-state index in [0.29, 0.717) is 5.92 Å². The minimum atomic E-state index is 0.544. The summed E-state index contributed by atoms with van der Waals surface area (Å²) in [5, 5.41) is 0. The zero-order chi connectivity index (χ0) is 12.4. The van der Waals surface area contributed by atoms with Crippen LogP contribution >= 0.6 is 0 Å². The highest BCUT2D eigenvalue weighted by Crippen LogP contribution is 2.20. The fourth-order valence-electron chi connectivity index (χ4n) is 2.30. The molecule has 1 atom stereocenters. The van der Waals surface area contributed by atoms with Crippen LogP contribution in [0, 0.1) is 12.8 Å². The van der Waals surface area contributed by atoms with Crippen molar-refractivity contribution in [3.8, 4) is 5.88 Å². The maximum atomic E-state index is 5.74. The number of pyridine rings is 1. The van der Waals surface area contributed by atoms with Crippen molar-refractivity contribution in [2.24, 2.45) is 5.92 Å². The Morgan fingerprint density at radius 1 is 1.39 bits per heavy atom. The monoisotopic (exact) mass is 243 g/mol. The van der Waals surface area contributed by atoms with Gasteiger partial charge in [-0.3, -0.25) is 0 Å². The van der Waals surface area contributed by atoms with E-state index in [1.54, 1.807) is 0 Å². The molecule has 2 aromatic heterocycles. The molecule has 18 heavy (non-hydrogen) atoms. The van der Waals surface area contributed by atoms with E-state index in [2.05, 4.69) is 14.5 Å². The molecule has 0 aromatic carbocycles. The molecule has 94 valence electrons. The molecule has 0 fully saturated rings. The summed E-state index contributed by atoms with van der Waals surface area (Å²) in [4.78, 5) is 8.62. The summed E-state index contributed by atoms with van der Waals surface area (Å²) in [7, 11) is 0. The van der Waals surface area contributed by atoms with Crippen LogP contribution in [0.5, 0.6) is 5.88 Å². The van der Waals surface area contributed by atoms with Gasteiger partial charge in [0.05, 0.1) is 6.61 Å². The normalized spacial score (nSPS) is 18.4. The molecule has 2 aromatic rings. The van der Waals surface area contributed by atoms with E-state index in [1.807, 2.05) is 37.6 Å². The molecule has 0 amide bonds. The lowest BCUT2D eigenvalue weighted by Gasteiger charge is -2.23. The highest BCUT2D eigenvalue weighted by atomic mass is 16.5. The van der Waals surface area contributed by atoms with Crippen LogP contribution in [0.15, 0.2) is 30.7 Å². The predicted octanol–water partition coefficient (Wildman–Crippen LogP) is 2.23. The van der Waals surface area contributed by atoms with Gasteiger partial charge in [-0.1, -0.05) is 6.07 Å². The van der Waals surface area contributed by atoms with Gasteiger partial charge in [0.1, 0.15) is 5.82 Å². The zero-order valence-electron chi connectivity index (χ0n) is 10.5. The standard InChI is InChI=1S/C14H17N3O/c1-11-2-3-14(16-9-11)18-10-12-4-6-17-7-5-15-13(17)8-12/h2-3,5,7,9,12H,4,6,8,10H2,1H3. The molecule has 0 radical (unpaired) electrons. The fraction of sp³-hybridized carbons (Fsp3) is 0.429. The Balaban J connectivity index is 1.57. The molecule has 0 aliphatic carbocycles. The summed E-state index contributed by atoms with van der Waals surface area (Å²) in [5.74, 6) is 2.43. The molecule has 0 N–H and O–H groups in total. The second-order valence-electron chi connectivity index (χ2n) is 4.88. The molecule has 3 heterocycles. The first-order valence-electron chi connectivity index (χ1n) is 6.37. The van der Waals surface area contributed by atoms with Gasteiger partial charge in [0.2, 0.25) is 5.88 Å². The number of imidazole rings is 1. The van der Waals surface area contributed by atoms with Gasteiger partial charge in [-0.05, 0) is 18.9 Å². The predicted molar refractivity (Wildman–Crippen MR) is 68.5 cm³/mol. The van der Waals surface area contributed by atoms with Crippen LogP contribution in [0.3, 0.4) is 0 Å². The van der Waals surface area contributed by atoms with Gasteiger partial charge < -0.3 is 9.30 Å². The summed E-state index contributed by atoms with van der Waals surface area (Å²) in [5.41, 5.74) is 1.15. The van der Waals surface area contributed by atoms with Crippen molar-refractivity contribution in [2.75, 3.05) is 6.61 Å². The van der Waals surface area contributed by atoms with Crippen LogP contribution in [0.4, 0.5) is 0 Å². The van der Waals surface area contributed by atoms with Crippen molar-refractivity contribution in [3.05, 3.63) is 42.1 Å². The average Bonchev–Trinajstić information content (AvgIpc) is 2.85. The molecule has 0 spiro atoms. The maximum Gasteiger partial charge on any atom is 0.213 e. The lowest BCUT2D eigenvalue weighted by molar-refractivity contribution is 0.212. The molecular weight excluding hydrogens is 226 g/mol. The van der Waals surface area contributed by atoms with Crippen LogP contribution in [0.25, 0.3) is 0 Å². The molecule has 1 aliphatic heterocycles. The van der Waals surface area contributed by atoms with Gasteiger partial charge in [0.25, 0.3) is 0 Å². The van der Waals surface area contributed by atoms with E-state index in [-0.39, 0.29) is 0 Å². The van der Waals surface area contributed by atoms with E-state index < -0.39 is 0 Å². The molecular formula is C14H17N3O. The van der Waals surface area contributed by atoms with Crippen molar-refractivity contribution in [1.29, 1.82) is 0 Å². The van der Waals surface area contributed by atoms with Gasteiger partial charge in [0, 0.05) is 43.5 Å². The zero-order valence-corrected chi connectivity index (χ0v) is 10.5. The number of fused-ring (bicyclic) bond motifs is 1.